The molecule has 0 saturated carbocycles. The first kappa shape index (κ1) is 26.0. The van der Waals surface area contributed by atoms with Gasteiger partial charge >= 0.3 is 12.1 Å². The Hall–Kier alpha value is -2.59. The van der Waals surface area contributed by atoms with Crippen molar-refractivity contribution >= 4 is 29.3 Å². The molecule has 1 heterocycles. The molecule has 2 aromatic carbocycles. The highest BCUT2D eigenvalue weighted by atomic mass is 32.2. The molecule has 3 rings (SSSR count). The van der Waals surface area contributed by atoms with E-state index in [1.165, 1.54) is 23.7 Å². The van der Waals surface area contributed by atoms with E-state index in [1.807, 2.05) is 25.1 Å². The predicted molar refractivity (Wildman–Crippen MR) is 127 cm³/mol. The van der Waals surface area contributed by atoms with Crippen molar-refractivity contribution in [2.75, 3.05) is 12.4 Å². The van der Waals surface area contributed by atoms with Crippen LogP contribution in [-0.2, 0) is 22.1 Å². The Morgan fingerprint density at radius 3 is 2.44 bits per heavy atom. The molecule has 0 spiro atoms. The van der Waals surface area contributed by atoms with Gasteiger partial charge in [-0.3, -0.25) is 0 Å². The first-order chi connectivity index (χ1) is 16.0. The number of esters is 1. The normalized spacial score (nSPS) is 12.0. The molecule has 0 radical (unpaired) electrons. The number of benzene rings is 2. The number of nitrogens with zero attached hydrogens (tertiary/aromatic N) is 2. The van der Waals surface area contributed by atoms with Gasteiger partial charge < -0.3 is 9.47 Å². The zero-order valence-corrected chi connectivity index (χ0v) is 20.9. The van der Waals surface area contributed by atoms with E-state index >= 15 is 0 Å². The first-order valence-corrected chi connectivity index (χ1v) is 12.4. The highest BCUT2D eigenvalue weighted by Gasteiger charge is 2.32. The molecule has 0 aliphatic rings. The van der Waals surface area contributed by atoms with Gasteiger partial charge in [0, 0.05) is 22.6 Å². The summed E-state index contributed by atoms with van der Waals surface area (Å²) < 4.78 is 53.4. The quantitative estimate of drug-likeness (QED) is 0.239. The lowest BCUT2D eigenvalue weighted by Gasteiger charge is -2.25. The van der Waals surface area contributed by atoms with E-state index in [0.29, 0.717) is 30.2 Å². The van der Waals surface area contributed by atoms with Crippen molar-refractivity contribution < 1.29 is 27.4 Å². The van der Waals surface area contributed by atoms with Gasteiger partial charge in [-0.25, -0.2) is 9.78 Å². The predicted octanol–water partition coefficient (Wildman–Crippen LogP) is 6.59. The molecule has 0 aliphatic carbocycles. The molecule has 0 N–H and O–H groups in total. The summed E-state index contributed by atoms with van der Waals surface area (Å²) in [6.07, 6.45) is -3.69. The minimum absolute atomic E-state index is 0.292. The zero-order chi connectivity index (χ0) is 24.9. The topological polar surface area (TPSA) is 61.3 Å². The maximum absolute atomic E-state index is 12.7. The van der Waals surface area contributed by atoms with Crippen LogP contribution < -0.4 is 4.74 Å². The van der Waals surface area contributed by atoms with Crippen LogP contribution in [0.25, 0.3) is 11.4 Å². The summed E-state index contributed by atoms with van der Waals surface area (Å²) in [7, 11) is 0. The van der Waals surface area contributed by atoms with E-state index in [0.717, 1.165) is 33.4 Å². The summed E-state index contributed by atoms with van der Waals surface area (Å²) in [5, 5.41) is 0.815. The number of hydrogen-bond acceptors (Lipinski definition) is 7. The van der Waals surface area contributed by atoms with E-state index in [2.05, 4.69) is 9.36 Å². The van der Waals surface area contributed by atoms with Crippen LogP contribution in [0, 0.1) is 6.92 Å². The molecule has 0 aliphatic heterocycles. The van der Waals surface area contributed by atoms with Crippen molar-refractivity contribution in [3.63, 3.8) is 0 Å². The highest BCUT2D eigenvalue weighted by molar-refractivity contribution is 7.99. The Morgan fingerprint density at radius 1 is 1.12 bits per heavy atom. The van der Waals surface area contributed by atoms with Gasteiger partial charge in [-0.05, 0) is 75.1 Å². The smallest absolute Gasteiger partial charge is 0.416 e. The lowest BCUT2D eigenvalue weighted by molar-refractivity contribution is -0.158. The molecule has 0 unspecified atom stereocenters. The average molecular weight is 511 g/mol. The molecule has 0 atom stereocenters. The molecule has 10 heteroatoms. The van der Waals surface area contributed by atoms with Gasteiger partial charge in [-0.15, -0.1) is 11.8 Å². The van der Waals surface area contributed by atoms with Gasteiger partial charge in [-0.2, -0.15) is 17.5 Å². The summed E-state index contributed by atoms with van der Waals surface area (Å²) in [5.74, 6) is 1.39. The number of hydrogen-bond donors (Lipinski definition) is 0. The minimum Gasteiger partial charge on any atom is -0.476 e. The number of alkyl halides is 3. The van der Waals surface area contributed by atoms with Crippen LogP contribution in [0.15, 0.2) is 47.4 Å². The van der Waals surface area contributed by atoms with E-state index in [-0.39, 0.29) is 0 Å². The van der Waals surface area contributed by atoms with Crippen LogP contribution in [0.4, 0.5) is 13.2 Å². The van der Waals surface area contributed by atoms with Crippen LogP contribution in [-0.4, -0.2) is 33.3 Å². The van der Waals surface area contributed by atoms with E-state index in [1.54, 1.807) is 32.5 Å². The molecule has 182 valence electrons. The molecule has 3 aromatic rings. The number of ether oxygens (including phenoxy) is 2. The molecule has 1 aromatic heterocycles. The van der Waals surface area contributed by atoms with E-state index in [9.17, 15) is 18.0 Å². The molecule has 0 fully saturated rings. The largest absolute Gasteiger partial charge is 0.476 e. The second kappa shape index (κ2) is 10.8. The van der Waals surface area contributed by atoms with E-state index in [4.69, 9.17) is 9.47 Å². The summed E-state index contributed by atoms with van der Waals surface area (Å²) in [6, 6.07) is 10.6. The molecule has 5 nitrogen and oxygen atoms in total. The summed E-state index contributed by atoms with van der Waals surface area (Å²) in [5.41, 5.74) is -0.319. The molecule has 0 amide bonds. The second-order valence-corrected chi connectivity index (χ2v) is 9.95. The van der Waals surface area contributed by atoms with Crippen LogP contribution in [0.3, 0.4) is 0 Å². The lowest BCUT2D eigenvalue weighted by Crippen LogP contribution is -2.39. The Kier molecular flexibility index (Phi) is 8.25. The lowest BCUT2D eigenvalue weighted by atomic mass is 10.1. The standard InChI is InChI=1S/C24H25F3N2O3S2/c1-5-31-22(30)23(3,4)32-19-11-10-18(14-15(19)2)33-13-12-20-28-21(29-34-20)16-6-8-17(9-7-16)24(25,26)27/h6-11,14H,5,12-13H2,1-4H3. The van der Waals surface area contributed by atoms with Gasteiger partial charge in [-0.1, -0.05) is 12.1 Å². The molecule has 34 heavy (non-hydrogen) atoms. The number of aromatic nitrogens is 2. The molecule has 0 saturated heterocycles. The van der Waals surface area contributed by atoms with Crippen LogP contribution in [0.1, 0.15) is 36.9 Å². The van der Waals surface area contributed by atoms with Gasteiger partial charge in [0.2, 0.25) is 0 Å². The number of aryl methyl sites for hydroxylation is 2. The number of rotatable bonds is 9. The highest BCUT2D eigenvalue weighted by Crippen LogP contribution is 2.31. The first-order valence-electron chi connectivity index (χ1n) is 10.6. The number of carbonyl (C=O) groups is 1. The van der Waals surface area contributed by atoms with Gasteiger partial charge in [0.05, 0.1) is 12.2 Å². The summed E-state index contributed by atoms with van der Waals surface area (Å²) in [6.45, 7) is 7.31. The molecule has 0 bridgehead atoms. The summed E-state index contributed by atoms with van der Waals surface area (Å²) >= 11 is 2.89. The van der Waals surface area contributed by atoms with Crippen LogP contribution in [0.5, 0.6) is 5.75 Å². The zero-order valence-electron chi connectivity index (χ0n) is 19.2. The third-order valence-electron chi connectivity index (χ3n) is 4.80. The fourth-order valence-corrected chi connectivity index (χ4v) is 4.73. The monoisotopic (exact) mass is 510 g/mol. The van der Waals surface area contributed by atoms with Crippen molar-refractivity contribution in [2.24, 2.45) is 0 Å². The van der Waals surface area contributed by atoms with Gasteiger partial charge in [0.1, 0.15) is 10.8 Å². The molecular weight excluding hydrogens is 485 g/mol. The van der Waals surface area contributed by atoms with E-state index < -0.39 is 23.3 Å². The Labute approximate surface area is 204 Å². The fraction of sp³-hybridized carbons (Fsp3) is 0.375. The van der Waals surface area contributed by atoms with Crippen molar-refractivity contribution in [3.8, 4) is 17.1 Å². The average Bonchev–Trinajstić information content (AvgIpc) is 3.24. The van der Waals surface area contributed by atoms with Crippen molar-refractivity contribution in [3.05, 3.63) is 58.6 Å². The number of carbonyl (C=O) groups excluding carboxylic acids is 1. The van der Waals surface area contributed by atoms with Crippen molar-refractivity contribution in [2.45, 2.75) is 50.8 Å². The van der Waals surface area contributed by atoms with Crippen LogP contribution >= 0.6 is 23.3 Å². The maximum atomic E-state index is 12.7. The maximum Gasteiger partial charge on any atom is 0.416 e. The summed E-state index contributed by atoms with van der Waals surface area (Å²) in [4.78, 5) is 17.6. The number of thioether (sulfide) groups is 1. The molecular formula is C24H25F3N2O3S2. The van der Waals surface area contributed by atoms with Gasteiger partial charge in [0.25, 0.3) is 0 Å². The minimum atomic E-state index is -4.36. The van der Waals surface area contributed by atoms with Crippen LogP contribution in [0.2, 0.25) is 0 Å². The Morgan fingerprint density at radius 2 is 1.82 bits per heavy atom. The third kappa shape index (κ3) is 6.73. The Balaban J connectivity index is 1.55. The van der Waals surface area contributed by atoms with Gasteiger partial charge in [0.15, 0.2) is 11.4 Å². The second-order valence-electron chi connectivity index (χ2n) is 7.95. The number of halogens is 3. The van der Waals surface area contributed by atoms with Crippen molar-refractivity contribution in [1.82, 2.24) is 9.36 Å². The third-order valence-corrected chi connectivity index (χ3v) is 6.57. The Bertz CT molecular complexity index is 1130. The SMILES string of the molecule is CCOC(=O)C(C)(C)Oc1ccc(SCCc2nc(-c3ccc(C(F)(F)F)cc3)ns2)cc1C. The fourth-order valence-electron chi connectivity index (χ4n) is 2.99. The van der Waals surface area contributed by atoms with Crippen molar-refractivity contribution in [1.29, 1.82) is 0 Å².